The van der Waals surface area contributed by atoms with E-state index in [1.807, 2.05) is 43.5 Å². The number of carbonyl (C=O) groups excluding carboxylic acids is 1. The molecule has 0 bridgehead atoms. The van der Waals surface area contributed by atoms with Crippen molar-refractivity contribution < 1.29 is 4.79 Å². The van der Waals surface area contributed by atoms with Crippen molar-refractivity contribution in [3.05, 3.63) is 107 Å². The molecule has 34 heavy (non-hydrogen) atoms. The molecule has 1 atom stereocenters. The lowest BCUT2D eigenvalue weighted by atomic mass is 9.72. The molecule has 2 aliphatic carbocycles. The molecule has 6 rings (SSSR count). The van der Waals surface area contributed by atoms with Gasteiger partial charge in [0.1, 0.15) is 0 Å². The lowest BCUT2D eigenvalue weighted by Crippen LogP contribution is -2.34. The average molecular weight is 442 g/mol. The SMILES string of the molecule is CC1(c2ccc3c(c2)-c2cc(C#N)ccc2C3(C)C)Cc2cnccc2-c2ncccc2C1=O. The molecule has 2 aliphatic rings. The fraction of sp³-hybridized carbons (Fsp3) is 0.200. The summed E-state index contributed by atoms with van der Waals surface area (Å²) in [5.74, 6) is 0.0648. The fourth-order valence-electron chi connectivity index (χ4n) is 5.78. The maximum Gasteiger partial charge on any atom is 0.175 e. The van der Waals surface area contributed by atoms with Gasteiger partial charge in [-0.05, 0) is 83.1 Å². The molecule has 4 nitrogen and oxygen atoms in total. The van der Waals surface area contributed by atoms with Crippen molar-refractivity contribution in [3.8, 4) is 28.5 Å². The summed E-state index contributed by atoms with van der Waals surface area (Å²) in [7, 11) is 0. The Balaban J connectivity index is 1.58. The Morgan fingerprint density at radius 2 is 1.65 bits per heavy atom. The molecule has 1 unspecified atom stereocenters. The van der Waals surface area contributed by atoms with E-state index in [1.54, 1.807) is 12.4 Å². The molecule has 164 valence electrons. The zero-order valence-corrected chi connectivity index (χ0v) is 19.4. The van der Waals surface area contributed by atoms with Gasteiger partial charge in [0.2, 0.25) is 0 Å². The number of carbonyl (C=O) groups is 1. The summed E-state index contributed by atoms with van der Waals surface area (Å²) in [5.41, 5.74) is 8.62. The zero-order valence-electron chi connectivity index (χ0n) is 19.4. The molecule has 2 aromatic heterocycles. The van der Waals surface area contributed by atoms with E-state index in [1.165, 1.54) is 11.1 Å². The van der Waals surface area contributed by atoms with E-state index in [0.29, 0.717) is 17.5 Å². The summed E-state index contributed by atoms with van der Waals surface area (Å²) in [4.78, 5) is 23.0. The van der Waals surface area contributed by atoms with Crippen LogP contribution in [0.4, 0.5) is 0 Å². The van der Waals surface area contributed by atoms with Crippen LogP contribution < -0.4 is 0 Å². The van der Waals surface area contributed by atoms with Gasteiger partial charge in [0.25, 0.3) is 0 Å². The molecule has 0 N–H and O–H groups in total. The highest BCUT2D eigenvalue weighted by molar-refractivity contribution is 6.09. The minimum absolute atomic E-state index is 0.0648. The topological polar surface area (TPSA) is 66.6 Å². The average Bonchev–Trinajstić information content (AvgIpc) is 3.03. The molecular formula is C30H23N3O. The Bertz CT molecular complexity index is 1560. The summed E-state index contributed by atoms with van der Waals surface area (Å²) in [5, 5.41) is 9.49. The molecule has 4 aromatic rings. The Labute approximate surface area is 199 Å². The van der Waals surface area contributed by atoms with Crippen LogP contribution in [0.15, 0.2) is 73.2 Å². The van der Waals surface area contributed by atoms with Crippen molar-refractivity contribution in [2.24, 2.45) is 0 Å². The van der Waals surface area contributed by atoms with E-state index in [9.17, 15) is 10.1 Å². The lowest BCUT2D eigenvalue weighted by Gasteiger charge is -2.29. The number of nitrogens with zero attached hydrogens (tertiary/aromatic N) is 3. The van der Waals surface area contributed by atoms with Gasteiger partial charge in [-0.2, -0.15) is 5.26 Å². The van der Waals surface area contributed by atoms with Crippen molar-refractivity contribution in [2.75, 3.05) is 0 Å². The summed E-state index contributed by atoms with van der Waals surface area (Å²) < 4.78 is 0. The second kappa shape index (κ2) is 6.95. The molecule has 0 saturated carbocycles. The molecule has 0 aliphatic heterocycles. The van der Waals surface area contributed by atoms with Crippen LogP contribution in [0.5, 0.6) is 0 Å². The van der Waals surface area contributed by atoms with E-state index >= 15 is 0 Å². The van der Waals surface area contributed by atoms with Crippen molar-refractivity contribution in [1.29, 1.82) is 5.26 Å². The standard InChI is InChI=1S/C30H23N3O/c1-29(2)25-8-6-18(16-31)13-23(25)24-14-20(7-9-26(24)29)30(3)15-19-17-32-12-10-21(19)27-22(28(30)34)5-4-11-33-27/h4-14,17H,15H2,1-3H3. The second-order valence-corrected chi connectivity index (χ2v) is 10.0. The predicted octanol–water partition coefficient (Wildman–Crippen LogP) is 6.02. The molecular weight excluding hydrogens is 418 g/mol. The first-order valence-electron chi connectivity index (χ1n) is 11.5. The maximum absolute atomic E-state index is 14.1. The third-order valence-electron chi connectivity index (χ3n) is 7.70. The van der Waals surface area contributed by atoms with Gasteiger partial charge in [-0.1, -0.05) is 32.0 Å². The highest BCUT2D eigenvalue weighted by Crippen LogP contribution is 2.50. The summed E-state index contributed by atoms with van der Waals surface area (Å²) >= 11 is 0. The number of hydrogen-bond donors (Lipinski definition) is 0. The van der Waals surface area contributed by atoms with E-state index in [-0.39, 0.29) is 11.2 Å². The largest absolute Gasteiger partial charge is 0.293 e. The number of pyridine rings is 2. The normalized spacial score (nSPS) is 19.3. The Hall–Kier alpha value is -4.10. The third-order valence-corrected chi connectivity index (χ3v) is 7.70. The summed E-state index contributed by atoms with van der Waals surface area (Å²) in [6.07, 6.45) is 5.89. The van der Waals surface area contributed by atoms with Crippen LogP contribution in [-0.4, -0.2) is 15.8 Å². The maximum atomic E-state index is 14.1. The van der Waals surface area contributed by atoms with Crippen LogP contribution in [0.3, 0.4) is 0 Å². The van der Waals surface area contributed by atoms with E-state index < -0.39 is 5.41 Å². The number of aromatic nitrogens is 2. The molecule has 4 heteroatoms. The van der Waals surface area contributed by atoms with Gasteiger partial charge in [0.15, 0.2) is 5.78 Å². The minimum atomic E-state index is -0.777. The van der Waals surface area contributed by atoms with E-state index in [0.717, 1.165) is 33.5 Å². The highest BCUT2D eigenvalue weighted by Gasteiger charge is 2.42. The lowest BCUT2D eigenvalue weighted by molar-refractivity contribution is 0.0897. The van der Waals surface area contributed by atoms with Gasteiger partial charge in [0, 0.05) is 35.1 Å². The number of Topliss-reactive ketones (excluding diaryl/α,β-unsaturated/α-hetero) is 1. The van der Waals surface area contributed by atoms with Gasteiger partial charge in [-0.15, -0.1) is 0 Å². The van der Waals surface area contributed by atoms with Gasteiger partial charge in [-0.25, -0.2) is 0 Å². The molecule has 2 aromatic carbocycles. The molecule has 0 amide bonds. The minimum Gasteiger partial charge on any atom is -0.293 e. The van der Waals surface area contributed by atoms with Crippen molar-refractivity contribution >= 4 is 5.78 Å². The van der Waals surface area contributed by atoms with Crippen LogP contribution >= 0.6 is 0 Å². The predicted molar refractivity (Wildman–Crippen MR) is 132 cm³/mol. The highest BCUT2D eigenvalue weighted by atomic mass is 16.1. The Kier molecular flexibility index (Phi) is 4.19. The number of hydrogen-bond acceptors (Lipinski definition) is 4. The molecule has 2 heterocycles. The van der Waals surface area contributed by atoms with Crippen molar-refractivity contribution in [2.45, 2.75) is 38.0 Å². The monoisotopic (exact) mass is 441 g/mol. The molecule has 0 spiro atoms. The van der Waals surface area contributed by atoms with Crippen LogP contribution in [-0.2, 0) is 17.3 Å². The van der Waals surface area contributed by atoms with Crippen LogP contribution in [0, 0.1) is 11.3 Å². The van der Waals surface area contributed by atoms with Gasteiger partial charge < -0.3 is 0 Å². The van der Waals surface area contributed by atoms with Gasteiger partial charge >= 0.3 is 0 Å². The van der Waals surface area contributed by atoms with Crippen molar-refractivity contribution in [3.63, 3.8) is 0 Å². The zero-order chi connectivity index (χ0) is 23.7. The smallest absolute Gasteiger partial charge is 0.175 e. The second-order valence-electron chi connectivity index (χ2n) is 10.0. The number of benzene rings is 2. The summed E-state index contributed by atoms with van der Waals surface area (Å²) in [6, 6.07) is 20.3. The number of rotatable bonds is 1. The van der Waals surface area contributed by atoms with Gasteiger partial charge in [0.05, 0.1) is 22.7 Å². The quantitative estimate of drug-likeness (QED) is 0.362. The first-order chi connectivity index (χ1) is 16.3. The van der Waals surface area contributed by atoms with Crippen molar-refractivity contribution in [1.82, 2.24) is 9.97 Å². The first-order valence-corrected chi connectivity index (χ1v) is 11.5. The number of nitriles is 1. The Morgan fingerprint density at radius 1 is 0.882 bits per heavy atom. The molecule has 0 saturated heterocycles. The molecule has 0 radical (unpaired) electrons. The van der Waals surface area contributed by atoms with E-state index in [4.69, 9.17) is 0 Å². The van der Waals surface area contributed by atoms with Gasteiger partial charge in [-0.3, -0.25) is 14.8 Å². The third kappa shape index (κ3) is 2.67. The van der Waals surface area contributed by atoms with Crippen LogP contribution in [0.2, 0.25) is 0 Å². The van der Waals surface area contributed by atoms with E-state index in [2.05, 4.69) is 54.2 Å². The van der Waals surface area contributed by atoms with Crippen LogP contribution in [0.1, 0.15) is 58.9 Å². The summed E-state index contributed by atoms with van der Waals surface area (Å²) in [6.45, 7) is 6.46. The number of fused-ring (bicyclic) bond motifs is 6. The molecule has 0 fully saturated rings. The number of ketones is 1. The first kappa shape index (κ1) is 20.5. The van der Waals surface area contributed by atoms with Crippen LogP contribution in [0.25, 0.3) is 22.4 Å². The Morgan fingerprint density at radius 3 is 2.44 bits per heavy atom. The fourth-order valence-corrected chi connectivity index (χ4v) is 5.78.